The molecule has 10 heteroatoms. The molecule has 1 heterocycles. The molecule has 0 saturated carbocycles. The van der Waals surface area contributed by atoms with E-state index in [1.807, 2.05) is 0 Å². The first kappa shape index (κ1) is 18.6. The molecular formula is C15H16F3N3O4. The second kappa shape index (κ2) is 7.41. The summed E-state index contributed by atoms with van der Waals surface area (Å²) in [6.07, 6.45) is -5.48. The predicted octanol–water partition coefficient (Wildman–Crippen LogP) is 1.65. The third-order valence-electron chi connectivity index (χ3n) is 3.62. The number of rotatable bonds is 5. The van der Waals surface area contributed by atoms with Gasteiger partial charge in [-0.3, -0.25) is 9.69 Å². The van der Waals surface area contributed by atoms with Crippen molar-refractivity contribution >= 4 is 17.9 Å². The summed E-state index contributed by atoms with van der Waals surface area (Å²) in [4.78, 5) is 36.5. The molecule has 0 aromatic heterocycles. The topological polar surface area (TPSA) is 90.0 Å². The van der Waals surface area contributed by atoms with Crippen molar-refractivity contribution in [2.24, 2.45) is 0 Å². The maximum atomic E-state index is 12.2. The third kappa shape index (κ3) is 5.37. The van der Waals surface area contributed by atoms with Crippen LogP contribution in [0.3, 0.4) is 0 Å². The van der Waals surface area contributed by atoms with Gasteiger partial charge in [0.25, 0.3) is 0 Å². The van der Waals surface area contributed by atoms with Crippen molar-refractivity contribution < 1.29 is 32.7 Å². The number of urea groups is 1. The van der Waals surface area contributed by atoms with E-state index in [1.165, 1.54) is 24.3 Å². The van der Waals surface area contributed by atoms with Crippen LogP contribution in [-0.2, 0) is 11.3 Å². The zero-order chi connectivity index (χ0) is 18.6. The number of carbonyl (C=O) groups is 3. The van der Waals surface area contributed by atoms with E-state index in [1.54, 1.807) is 0 Å². The molecule has 1 saturated heterocycles. The third-order valence-corrected chi connectivity index (χ3v) is 3.62. The number of hydrogen-bond donors (Lipinski definition) is 2. The summed E-state index contributed by atoms with van der Waals surface area (Å²) in [5.74, 6) is -1.60. The first-order valence-corrected chi connectivity index (χ1v) is 7.35. The number of aromatic carboxylic acids is 1. The van der Waals surface area contributed by atoms with E-state index in [4.69, 9.17) is 5.11 Å². The van der Waals surface area contributed by atoms with Crippen molar-refractivity contribution in [3.05, 3.63) is 35.4 Å². The summed E-state index contributed by atoms with van der Waals surface area (Å²) in [7, 11) is 0. The Morgan fingerprint density at radius 2 is 1.84 bits per heavy atom. The number of carboxylic acid groups (broad SMARTS) is 1. The first-order valence-electron chi connectivity index (χ1n) is 7.35. The molecule has 1 aromatic carbocycles. The van der Waals surface area contributed by atoms with Gasteiger partial charge in [0.05, 0.1) is 18.7 Å². The van der Waals surface area contributed by atoms with Gasteiger partial charge < -0.3 is 15.3 Å². The van der Waals surface area contributed by atoms with Crippen LogP contribution in [0.1, 0.15) is 22.3 Å². The molecule has 1 fully saturated rings. The minimum Gasteiger partial charge on any atom is -0.478 e. The molecular weight excluding hydrogens is 343 g/mol. The lowest BCUT2D eigenvalue weighted by atomic mass is 10.1. The lowest BCUT2D eigenvalue weighted by Gasteiger charge is -2.19. The van der Waals surface area contributed by atoms with Crippen LogP contribution in [-0.4, -0.2) is 58.7 Å². The average Bonchev–Trinajstić information content (AvgIpc) is 2.91. The quantitative estimate of drug-likeness (QED) is 0.837. The molecule has 0 atom stereocenters. The van der Waals surface area contributed by atoms with Crippen molar-refractivity contribution in [1.82, 2.24) is 15.1 Å². The van der Waals surface area contributed by atoms with Gasteiger partial charge in [-0.25, -0.2) is 9.59 Å². The Balaban J connectivity index is 1.83. The minimum absolute atomic E-state index is 0.103. The molecule has 2 rings (SSSR count). The summed E-state index contributed by atoms with van der Waals surface area (Å²) in [5.41, 5.74) is 0.762. The van der Waals surface area contributed by atoms with Gasteiger partial charge in [-0.15, -0.1) is 0 Å². The Labute approximate surface area is 141 Å². The number of alkyl halides is 3. The number of nitrogens with one attached hydrogen (secondary N) is 1. The number of carbonyl (C=O) groups excluding carboxylic acids is 2. The molecule has 136 valence electrons. The molecule has 1 aromatic rings. The Bertz CT molecular complexity index is 661. The Hall–Kier alpha value is -2.78. The fourth-order valence-electron chi connectivity index (χ4n) is 2.25. The van der Waals surface area contributed by atoms with Crippen LogP contribution >= 0.6 is 0 Å². The molecule has 1 aliphatic rings. The zero-order valence-electron chi connectivity index (χ0n) is 13.0. The molecule has 7 nitrogen and oxygen atoms in total. The lowest BCUT2D eigenvalue weighted by Crippen LogP contribution is -2.39. The van der Waals surface area contributed by atoms with Crippen molar-refractivity contribution in [1.29, 1.82) is 0 Å². The second-order valence-electron chi connectivity index (χ2n) is 5.52. The van der Waals surface area contributed by atoms with Gasteiger partial charge in [0.2, 0.25) is 5.91 Å². The SMILES string of the molecule is O=C(O)c1ccc(CNC(=O)N2CC(=O)N(CCC(F)(F)F)C2)cc1. The summed E-state index contributed by atoms with van der Waals surface area (Å²) in [5, 5.41) is 11.3. The predicted molar refractivity (Wildman–Crippen MR) is 79.6 cm³/mol. The van der Waals surface area contributed by atoms with Crippen molar-refractivity contribution in [2.75, 3.05) is 19.8 Å². The van der Waals surface area contributed by atoms with E-state index in [9.17, 15) is 27.6 Å². The summed E-state index contributed by atoms with van der Waals surface area (Å²) >= 11 is 0. The van der Waals surface area contributed by atoms with Gasteiger partial charge >= 0.3 is 18.2 Å². The molecule has 3 amide bonds. The Morgan fingerprint density at radius 1 is 1.20 bits per heavy atom. The fourth-order valence-corrected chi connectivity index (χ4v) is 2.25. The number of benzene rings is 1. The lowest BCUT2D eigenvalue weighted by molar-refractivity contribution is -0.142. The summed E-state index contributed by atoms with van der Waals surface area (Å²) < 4.78 is 36.6. The maximum Gasteiger partial charge on any atom is 0.390 e. The molecule has 1 aliphatic heterocycles. The fraction of sp³-hybridized carbons (Fsp3) is 0.400. The van der Waals surface area contributed by atoms with Crippen LogP contribution in [0.15, 0.2) is 24.3 Å². The zero-order valence-corrected chi connectivity index (χ0v) is 13.0. The highest BCUT2D eigenvalue weighted by Crippen LogP contribution is 2.21. The maximum absolute atomic E-state index is 12.2. The largest absolute Gasteiger partial charge is 0.478 e. The van der Waals surface area contributed by atoms with Crippen LogP contribution in [0.25, 0.3) is 0 Å². The number of carboxylic acids is 1. The molecule has 0 unspecified atom stereocenters. The van der Waals surface area contributed by atoms with Gasteiger partial charge in [-0.2, -0.15) is 13.2 Å². The van der Waals surface area contributed by atoms with E-state index >= 15 is 0 Å². The number of hydrogen-bond acceptors (Lipinski definition) is 3. The van der Waals surface area contributed by atoms with E-state index in [-0.39, 0.29) is 25.3 Å². The van der Waals surface area contributed by atoms with Crippen LogP contribution in [0.4, 0.5) is 18.0 Å². The molecule has 0 radical (unpaired) electrons. The van der Waals surface area contributed by atoms with Gasteiger partial charge in [-0.1, -0.05) is 12.1 Å². The molecule has 0 aliphatic carbocycles. The van der Waals surface area contributed by atoms with Gasteiger partial charge in [0.1, 0.15) is 6.54 Å². The molecule has 0 bridgehead atoms. The minimum atomic E-state index is -4.36. The molecule has 25 heavy (non-hydrogen) atoms. The monoisotopic (exact) mass is 359 g/mol. The van der Waals surface area contributed by atoms with Crippen LogP contribution in [0.5, 0.6) is 0 Å². The first-order chi connectivity index (χ1) is 11.7. The average molecular weight is 359 g/mol. The second-order valence-corrected chi connectivity index (χ2v) is 5.52. The van der Waals surface area contributed by atoms with Gasteiger partial charge in [0, 0.05) is 13.1 Å². The van der Waals surface area contributed by atoms with Crippen LogP contribution < -0.4 is 5.32 Å². The highest BCUT2D eigenvalue weighted by Gasteiger charge is 2.34. The number of nitrogens with zero attached hydrogens (tertiary/aromatic N) is 2. The summed E-state index contributed by atoms with van der Waals surface area (Å²) in [6, 6.07) is 5.28. The Morgan fingerprint density at radius 3 is 2.40 bits per heavy atom. The highest BCUT2D eigenvalue weighted by molar-refractivity contribution is 5.88. The standard InChI is InChI=1S/C15H16F3N3O4/c16-15(17,18)5-6-20-9-21(8-12(20)22)14(25)19-7-10-1-3-11(4-2-10)13(23)24/h1-4H,5-9H2,(H,19,25)(H,23,24). The smallest absolute Gasteiger partial charge is 0.390 e. The van der Waals surface area contributed by atoms with E-state index in [0.717, 1.165) is 9.80 Å². The number of amides is 3. The Kier molecular flexibility index (Phi) is 5.50. The summed E-state index contributed by atoms with van der Waals surface area (Å²) in [6.45, 7) is -0.852. The van der Waals surface area contributed by atoms with Crippen LogP contribution in [0, 0.1) is 0 Å². The molecule has 0 spiro atoms. The van der Waals surface area contributed by atoms with Crippen molar-refractivity contribution in [2.45, 2.75) is 19.1 Å². The van der Waals surface area contributed by atoms with Gasteiger partial charge in [-0.05, 0) is 17.7 Å². The van der Waals surface area contributed by atoms with E-state index in [0.29, 0.717) is 5.56 Å². The van der Waals surface area contributed by atoms with Crippen LogP contribution in [0.2, 0.25) is 0 Å². The molecule has 2 N–H and O–H groups in total. The van der Waals surface area contributed by atoms with E-state index in [2.05, 4.69) is 5.32 Å². The van der Waals surface area contributed by atoms with Gasteiger partial charge in [0.15, 0.2) is 0 Å². The number of halogens is 3. The highest BCUT2D eigenvalue weighted by atomic mass is 19.4. The van der Waals surface area contributed by atoms with E-state index < -0.39 is 37.0 Å². The normalized spacial score (nSPS) is 14.8. The van der Waals surface area contributed by atoms with Crippen molar-refractivity contribution in [3.63, 3.8) is 0 Å². The van der Waals surface area contributed by atoms with Crippen molar-refractivity contribution in [3.8, 4) is 0 Å².